The highest BCUT2D eigenvalue weighted by Crippen LogP contribution is 2.19. The predicted octanol–water partition coefficient (Wildman–Crippen LogP) is 2.06. The second-order valence-electron chi connectivity index (χ2n) is 6.77. The molecule has 0 aromatic heterocycles. The van der Waals surface area contributed by atoms with Crippen LogP contribution in [0.25, 0.3) is 0 Å². The number of hydrogen-bond donors (Lipinski definition) is 0. The first kappa shape index (κ1) is 20.9. The third-order valence-corrected chi connectivity index (χ3v) is 6.45. The summed E-state index contributed by atoms with van der Waals surface area (Å²) in [6.07, 6.45) is 1.82. The van der Waals surface area contributed by atoms with Crippen molar-refractivity contribution in [3.63, 3.8) is 0 Å². The Hall–Kier alpha value is -1.44. The Morgan fingerprint density at radius 1 is 1.15 bits per heavy atom. The Labute approximate surface area is 156 Å². The van der Waals surface area contributed by atoms with Gasteiger partial charge in [-0.15, -0.1) is 0 Å². The summed E-state index contributed by atoms with van der Waals surface area (Å²) in [7, 11) is -1.77. The van der Waals surface area contributed by atoms with Gasteiger partial charge in [-0.3, -0.25) is 4.79 Å². The van der Waals surface area contributed by atoms with Crippen LogP contribution in [-0.4, -0.2) is 65.0 Å². The number of nitrogens with zero attached hydrogens (tertiary/aromatic N) is 1. The van der Waals surface area contributed by atoms with E-state index < -0.39 is 9.84 Å². The van der Waals surface area contributed by atoms with Gasteiger partial charge in [0.15, 0.2) is 9.84 Å². The summed E-state index contributed by atoms with van der Waals surface area (Å²) in [6, 6.07) is 6.75. The zero-order valence-electron chi connectivity index (χ0n) is 15.6. The van der Waals surface area contributed by atoms with E-state index in [0.29, 0.717) is 38.8 Å². The molecule has 1 amide bonds. The molecule has 1 aliphatic rings. The van der Waals surface area contributed by atoms with Crippen molar-refractivity contribution < 1.29 is 22.7 Å². The van der Waals surface area contributed by atoms with Gasteiger partial charge in [0.2, 0.25) is 5.91 Å². The number of carbonyl (C=O) groups is 1. The molecule has 0 unspecified atom stereocenters. The van der Waals surface area contributed by atoms with Gasteiger partial charge in [0, 0.05) is 33.2 Å². The fourth-order valence-corrected chi connectivity index (χ4v) is 4.21. The van der Waals surface area contributed by atoms with Crippen LogP contribution in [0.3, 0.4) is 0 Å². The second kappa shape index (κ2) is 10.0. The first-order chi connectivity index (χ1) is 12.4. The largest absolute Gasteiger partial charge is 0.382 e. The number of carbonyl (C=O) groups excluding carboxylic acids is 1. The molecule has 26 heavy (non-hydrogen) atoms. The van der Waals surface area contributed by atoms with E-state index in [4.69, 9.17) is 9.47 Å². The monoisotopic (exact) mass is 383 g/mol. The average molecular weight is 384 g/mol. The molecule has 1 aromatic carbocycles. The molecule has 7 heteroatoms. The van der Waals surface area contributed by atoms with E-state index in [1.54, 1.807) is 36.3 Å². The molecule has 0 bridgehead atoms. The van der Waals surface area contributed by atoms with Gasteiger partial charge in [0.25, 0.3) is 0 Å². The fraction of sp³-hybridized carbons (Fsp3) is 0.632. The standard InChI is InChI=1S/C19H29NO5S/c1-16-3-5-18(6-4-16)26(22,23)14-9-19(21)20-10-7-17(8-11-20)15-25-13-12-24-2/h3-6,17H,7-15H2,1-2H3. The van der Waals surface area contributed by atoms with Crippen molar-refractivity contribution in [3.8, 4) is 0 Å². The summed E-state index contributed by atoms with van der Waals surface area (Å²) in [5, 5.41) is 0. The summed E-state index contributed by atoms with van der Waals surface area (Å²) < 4.78 is 35.2. The first-order valence-corrected chi connectivity index (χ1v) is 10.7. The number of ether oxygens (including phenoxy) is 2. The summed E-state index contributed by atoms with van der Waals surface area (Å²) in [5.74, 6) is 0.223. The number of sulfone groups is 1. The molecule has 1 heterocycles. The van der Waals surface area contributed by atoms with Gasteiger partial charge in [-0.1, -0.05) is 17.7 Å². The van der Waals surface area contributed by atoms with Crippen LogP contribution in [-0.2, 0) is 24.1 Å². The number of piperidine rings is 1. The molecular formula is C19H29NO5S. The van der Waals surface area contributed by atoms with E-state index in [2.05, 4.69) is 0 Å². The Kier molecular flexibility index (Phi) is 8.06. The highest BCUT2D eigenvalue weighted by atomic mass is 32.2. The third-order valence-electron chi connectivity index (χ3n) is 4.72. The Bertz CT molecular complexity index is 664. The maximum Gasteiger partial charge on any atom is 0.223 e. The lowest BCUT2D eigenvalue weighted by Crippen LogP contribution is -2.40. The number of benzene rings is 1. The van der Waals surface area contributed by atoms with Crippen molar-refractivity contribution in [2.45, 2.75) is 31.1 Å². The van der Waals surface area contributed by atoms with Gasteiger partial charge in [0.05, 0.1) is 23.9 Å². The average Bonchev–Trinajstić information content (AvgIpc) is 2.64. The van der Waals surface area contributed by atoms with Crippen LogP contribution in [0.5, 0.6) is 0 Å². The minimum absolute atomic E-state index is 0.0330. The highest BCUT2D eigenvalue weighted by molar-refractivity contribution is 7.91. The fourth-order valence-electron chi connectivity index (χ4n) is 2.98. The van der Waals surface area contributed by atoms with E-state index in [1.807, 2.05) is 6.92 Å². The normalized spacial score (nSPS) is 16.0. The van der Waals surface area contributed by atoms with Crippen molar-refractivity contribution in [1.82, 2.24) is 4.90 Å². The summed E-state index contributed by atoms with van der Waals surface area (Å²) in [4.78, 5) is 14.4. The zero-order chi connectivity index (χ0) is 19.0. The molecule has 6 nitrogen and oxygen atoms in total. The minimum Gasteiger partial charge on any atom is -0.382 e. The van der Waals surface area contributed by atoms with Gasteiger partial charge in [0.1, 0.15) is 0 Å². The second-order valence-corrected chi connectivity index (χ2v) is 8.88. The molecule has 2 rings (SSSR count). The van der Waals surface area contributed by atoms with Crippen molar-refractivity contribution in [2.24, 2.45) is 5.92 Å². The summed E-state index contributed by atoms with van der Waals surface area (Å²) in [5.41, 5.74) is 1.01. The van der Waals surface area contributed by atoms with Gasteiger partial charge in [-0.25, -0.2) is 8.42 Å². The minimum atomic E-state index is -3.42. The third kappa shape index (κ3) is 6.37. The van der Waals surface area contributed by atoms with Crippen molar-refractivity contribution in [3.05, 3.63) is 29.8 Å². The molecule has 1 fully saturated rings. The van der Waals surface area contributed by atoms with Crippen molar-refractivity contribution in [1.29, 1.82) is 0 Å². The molecule has 0 radical (unpaired) electrons. The van der Waals surface area contributed by atoms with Crippen LogP contribution < -0.4 is 0 Å². The molecule has 1 saturated heterocycles. The Morgan fingerprint density at radius 2 is 1.81 bits per heavy atom. The van der Waals surface area contributed by atoms with Crippen molar-refractivity contribution in [2.75, 3.05) is 45.8 Å². The Morgan fingerprint density at radius 3 is 2.42 bits per heavy atom. The molecule has 1 aromatic rings. The van der Waals surface area contributed by atoms with Crippen LogP contribution in [0.15, 0.2) is 29.2 Å². The predicted molar refractivity (Wildman–Crippen MR) is 99.8 cm³/mol. The van der Waals surface area contributed by atoms with Crippen LogP contribution in [0.1, 0.15) is 24.8 Å². The van der Waals surface area contributed by atoms with Gasteiger partial charge < -0.3 is 14.4 Å². The summed E-state index contributed by atoms with van der Waals surface area (Å²) in [6.45, 7) is 5.11. The Balaban J connectivity index is 1.74. The molecule has 0 saturated carbocycles. The first-order valence-electron chi connectivity index (χ1n) is 9.06. The topological polar surface area (TPSA) is 72.9 Å². The lowest BCUT2D eigenvalue weighted by atomic mass is 9.97. The van der Waals surface area contributed by atoms with Crippen LogP contribution in [0, 0.1) is 12.8 Å². The van der Waals surface area contributed by atoms with Crippen molar-refractivity contribution >= 4 is 15.7 Å². The number of aryl methyl sites for hydroxylation is 1. The molecule has 0 spiro atoms. The number of amides is 1. The SMILES string of the molecule is COCCOCC1CCN(C(=O)CCS(=O)(=O)c2ccc(C)cc2)CC1. The summed E-state index contributed by atoms with van der Waals surface area (Å²) >= 11 is 0. The van der Waals surface area contributed by atoms with E-state index in [-0.39, 0.29) is 23.0 Å². The zero-order valence-corrected chi connectivity index (χ0v) is 16.5. The van der Waals surface area contributed by atoms with Gasteiger partial charge in [-0.2, -0.15) is 0 Å². The number of methoxy groups -OCH3 is 1. The number of hydrogen-bond acceptors (Lipinski definition) is 5. The van der Waals surface area contributed by atoms with E-state index >= 15 is 0 Å². The van der Waals surface area contributed by atoms with Gasteiger partial charge in [-0.05, 0) is 37.8 Å². The number of likely N-dealkylation sites (tertiary alicyclic amines) is 1. The molecule has 0 aliphatic carbocycles. The quantitative estimate of drug-likeness (QED) is 0.610. The molecule has 146 valence electrons. The highest BCUT2D eigenvalue weighted by Gasteiger charge is 2.24. The van der Waals surface area contributed by atoms with Gasteiger partial charge >= 0.3 is 0 Å². The smallest absolute Gasteiger partial charge is 0.223 e. The molecular weight excluding hydrogens is 354 g/mol. The maximum atomic E-state index is 12.4. The lowest BCUT2D eigenvalue weighted by molar-refractivity contribution is -0.132. The van der Waals surface area contributed by atoms with E-state index in [9.17, 15) is 13.2 Å². The van der Waals surface area contributed by atoms with Crippen LogP contribution >= 0.6 is 0 Å². The maximum absolute atomic E-state index is 12.4. The van der Waals surface area contributed by atoms with E-state index in [0.717, 1.165) is 18.4 Å². The molecule has 0 atom stereocenters. The molecule has 1 aliphatic heterocycles. The number of rotatable bonds is 9. The lowest BCUT2D eigenvalue weighted by Gasteiger charge is -2.32. The van der Waals surface area contributed by atoms with E-state index in [1.165, 1.54) is 0 Å². The van der Waals surface area contributed by atoms with Crippen LogP contribution in [0.4, 0.5) is 0 Å². The van der Waals surface area contributed by atoms with Crippen LogP contribution in [0.2, 0.25) is 0 Å². The molecule has 0 N–H and O–H groups in total.